The summed E-state index contributed by atoms with van der Waals surface area (Å²) in [5.74, 6) is -0.988. The van der Waals surface area contributed by atoms with Gasteiger partial charge in [0.15, 0.2) is 5.78 Å². The Balaban J connectivity index is 1.72. The second-order valence-corrected chi connectivity index (χ2v) is 9.06. The molecule has 34 heavy (non-hydrogen) atoms. The third kappa shape index (κ3) is 4.61. The van der Waals surface area contributed by atoms with E-state index in [2.05, 4.69) is 10.2 Å². The molecule has 2 aliphatic heterocycles. The van der Waals surface area contributed by atoms with E-state index in [0.29, 0.717) is 50.1 Å². The van der Waals surface area contributed by atoms with E-state index in [9.17, 15) is 14.4 Å². The normalized spacial score (nSPS) is 21.2. The van der Waals surface area contributed by atoms with Crippen molar-refractivity contribution in [2.24, 2.45) is 5.92 Å². The number of esters is 2. The number of ketones is 1. The van der Waals surface area contributed by atoms with Crippen molar-refractivity contribution in [1.29, 1.82) is 0 Å². The number of rotatable bonds is 6. The quantitative estimate of drug-likeness (QED) is 0.635. The van der Waals surface area contributed by atoms with Crippen molar-refractivity contribution in [2.45, 2.75) is 58.8 Å². The van der Waals surface area contributed by atoms with Gasteiger partial charge in [0.2, 0.25) is 0 Å². The van der Waals surface area contributed by atoms with E-state index >= 15 is 0 Å². The molecule has 1 aromatic carbocycles. The molecule has 1 N–H and O–H groups in total. The number of nitrogens with zero attached hydrogens (tertiary/aromatic N) is 1. The monoisotopic (exact) mass is 466 g/mol. The molecule has 182 valence electrons. The Kier molecular flexibility index (Phi) is 7.39. The average molecular weight is 467 g/mol. The van der Waals surface area contributed by atoms with Crippen LogP contribution in [0, 0.1) is 5.92 Å². The summed E-state index contributed by atoms with van der Waals surface area (Å²) in [5, 5.41) is 3.34. The Labute approximate surface area is 201 Å². The topological polar surface area (TPSA) is 84.9 Å². The van der Waals surface area contributed by atoms with Crippen molar-refractivity contribution in [3.8, 4) is 0 Å². The fraction of sp³-hybridized carbons (Fsp3) is 0.519. The van der Waals surface area contributed by atoms with Gasteiger partial charge in [0, 0.05) is 42.2 Å². The molecule has 1 atom stereocenters. The minimum atomic E-state index is -0.470. The van der Waals surface area contributed by atoms with Gasteiger partial charge in [-0.1, -0.05) is 18.2 Å². The van der Waals surface area contributed by atoms with E-state index < -0.39 is 11.9 Å². The molecule has 0 unspecified atom stereocenters. The maximum atomic E-state index is 13.2. The number of piperidine rings is 1. The number of Topliss-reactive ketones (excluding diaryl/α,β-unsaturated/α-hetero) is 1. The molecule has 1 fully saturated rings. The number of nitrogens with one attached hydrogen (secondary N) is 1. The third-order valence-corrected chi connectivity index (χ3v) is 6.97. The van der Waals surface area contributed by atoms with E-state index in [1.807, 2.05) is 38.1 Å². The first-order chi connectivity index (χ1) is 16.5. The van der Waals surface area contributed by atoms with Gasteiger partial charge in [-0.25, -0.2) is 4.79 Å². The smallest absolute Gasteiger partial charge is 0.336 e. The van der Waals surface area contributed by atoms with Crippen molar-refractivity contribution in [3.63, 3.8) is 0 Å². The van der Waals surface area contributed by atoms with Crippen LogP contribution in [0.5, 0.6) is 0 Å². The summed E-state index contributed by atoms with van der Waals surface area (Å²) in [5.41, 5.74) is 4.79. The molecule has 0 bridgehead atoms. The number of ether oxygens (including phenoxy) is 2. The van der Waals surface area contributed by atoms with Crippen LogP contribution in [0.15, 0.2) is 46.8 Å². The van der Waals surface area contributed by atoms with Gasteiger partial charge in [0.1, 0.15) is 0 Å². The third-order valence-electron chi connectivity index (χ3n) is 6.97. The van der Waals surface area contributed by atoms with Gasteiger partial charge in [-0.05, 0) is 58.1 Å². The molecule has 0 saturated carbocycles. The predicted molar refractivity (Wildman–Crippen MR) is 129 cm³/mol. The standard InChI is InChI=1S/C27H34N2O5/c1-4-33-26(31)18-13-15-29(16-14-18)21-11-7-6-9-19(21)24-23(27(32)34-5-2)17(3)28-20-10-8-12-22(30)25(20)24/h6-7,9,11,18,24,28H,4-5,8,10,12-16H2,1-3H3/t24-/m0/s1. The number of carbonyl (C=O) groups is 3. The van der Waals surface area contributed by atoms with Gasteiger partial charge in [-0.3, -0.25) is 9.59 Å². The lowest BCUT2D eigenvalue weighted by Crippen LogP contribution is -2.39. The van der Waals surface area contributed by atoms with Crippen LogP contribution in [0.2, 0.25) is 0 Å². The molecule has 7 nitrogen and oxygen atoms in total. The summed E-state index contributed by atoms with van der Waals surface area (Å²) in [6.07, 6.45) is 3.51. The molecule has 1 aliphatic carbocycles. The molecule has 7 heteroatoms. The maximum Gasteiger partial charge on any atom is 0.336 e. The van der Waals surface area contributed by atoms with Gasteiger partial charge < -0.3 is 19.7 Å². The maximum absolute atomic E-state index is 13.2. The van der Waals surface area contributed by atoms with Crippen molar-refractivity contribution < 1.29 is 23.9 Å². The second kappa shape index (κ2) is 10.5. The number of benzene rings is 1. The van der Waals surface area contributed by atoms with Crippen LogP contribution in [0.1, 0.15) is 64.4 Å². The molecule has 3 aliphatic rings. The van der Waals surface area contributed by atoms with E-state index in [0.717, 1.165) is 35.5 Å². The molecular weight excluding hydrogens is 432 g/mol. The Bertz CT molecular complexity index is 1030. The lowest BCUT2D eigenvalue weighted by molar-refractivity contribution is -0.148. The van der Waals surface area contributed by atoms with E-state index in [1.54, 1.807) is 6.92 Å². The van der Waals surface area contributed by atoms with E-state index in [-0.39, 0.29) is 24.3 Å². The first kappa shape index (κ1) is 24.0. The molecule has 1 saturated heterocycles. The van der Waals surface area contributed by atoms with Crippen LogP contribution in [-0.2, 0) is 23.9 Å². The number of hydrogen-bond acceptors (Lipinski definition) is 7. The molecule has 1 aromatic rings. The Morgan fingerprint density at radius 2 is 1.76 bits per heavy atom. The molecule has 0 radical (unpaired) electrons. The average Bonchev–Trinajstić information content (AvgIpc) is 2.84. The zero-order chi connectivity index (χ0) is 24.2. The highest BCUT2D eigenvalue weighted by Gasteiger charge is 2.40. The summed E-state index contributed by atoms with van der Waals surface area (Å²) < 4.78 is 10.7. The van der Waals surface area contributed by atoms with Crippen LogP contribution < -0.4 is 10.2 Å². The number of allylic oxidation sites excluding steroid dienone is 3. The molecule has 0 spiro atoms. The van der Waals surface area contributed by atoms with Crippen LogP contribution in [0.25, 0.3) is 0 Å². The van der Waals surface area contributed by atoms with Crippen molar-refractivity contribution in [1.82, 2.24) is 5.32 Å². The van der Waals surface area contributed by atoms with Crippen LogP contribution in [0.4, 0.5) is 5.69 Å². The summed E-state index contributed by atoms with van der Waals surface area (Å²) in [4.78, 5) is 40.8. The number of carbonyl (C=O) groups excluding carboxylic acids is 3. The summed E-state index contributed by atoms with van der Waals surface area (Å²) >= 11 is 0. The van der Waals surface area contributed by atoms with Crippen LogP contribution in [0.3, 0.4) is 0 Å². The number of hydrogen-bond donors (Lipinski definition) is 1. The van der Waals surface area contributed by atoms with Crippen molar-refractivity contribution in [2.75, 3.05) is 31.2 Å². The van der Waals surface area contributed by atoms with Crippen molar-refractivity contribution >= 4 is 23.4 Å². The minimum absolute atomic E-state index is 0.0869. The summed E-state index contributed by atoms with van der Waals surface area (Å²) in [7, 11) is 0. The van der Waals surface area contributed by atoms with Crippen LogP contribution in [-0.4, -0.2) is 44.0 Å². The van der Waals surface area contributed by atoms with Crippen LogP contribution >= 0.6 is 0 Å². The van der Waals surface area contributed by atoms with Gasteiger partial charge in [-0.15, -0.1) is 0 Å². The minimum Gasteiger partial charge on any atom is -0.466 e. The zero-order valence-electron chi connectivity index (χ0n) is 20.3. The predicted octanol–water partition coefficient (Wildman–Crippen LogP) is 4.00. The fourth-order valence-electron chi connectivity index (χ4n) is 5.41. The number of anilines is 1. The number of dihydropyridines is 1. The molecule has 0 amide bonds. The van der Waals surface area contributed by atoms with Gasteiger partial charge in [-0.2, -0.15) is 0 Å². The zero-order valence-corrected chi connectivity index (χ0v) is 20.3. The van der Waals surface area contributed by atoms with Crippen molar-refractivity contribution in [3.05, 3.63) is 52.4 Å². The molecule has 4 rings (SSSR count). The highest BCUT2D eigenvalue weighted by molar-refractivity contribution is 6.04. The van der Waals surface area contributed by atoms with Gasteiger partial charge >= 0.3 is 11.9 Å². The first-order valence-corrected chi connectivity index (χ1v) is 12.4. The lowest BCUT2D eigenvalue weighted by atomic mass is 9.74. The Morgan fingerprint density at radius 3 is 2.47 bits per heavy atom. The van der Waals surface area contributed by atoms with E-state index in [1.165, 1.54) is 0 Å². The van der Waals surface area contributed by atoms with E-state index in [4.69, 9.17) is 9.47 Å². The second-order valence-electron chi connectivity index (χ2n) is 9.06. The largest absolute Gasteiger partial charge is 0.466 e. The van der Waals surface area contributed by atoms with Gasteiger partial charge in [0.25, 0.3) is 0 Å². The van der Waals surface area contributed by atoms with Gasteiger partial charge in [0.05, 0.1) is 30.6 Å². The first-order valence-electron chi connectivity index (χ1n) is 12.4. The fourth-order valence-corrected chi connectivity index (χ4v) is 5.41. The Morgan fingerprint density at radius 1 is 1.06 bits per heavy atom. The molecule has 2 heterocycles. The highest BCUT2D eigenvalue weighted by Crippen LogP contribution is 2.45. The molecular formula is C27H34N2O5. The highest BCUT2D eigenvalue weighted by atomic mass is 16.5. The Hall–Kier alpha value is -3.09. The molecule has 0 aromatic heterocycles. The summed E-state index contributed by atoms with van der Waals surface area (Å²) in [6, 6.07) is 8.00. The lowest BCUT2D eigenvalue weighted by Gasteiger charge is -2.38. The number of para-hydroxylation sites is 1. The summed E-state index contributed by atoms with van der Waals surface area (Å²) in [6.45, 7) is 7.59. The SMILES string of the molecule is CCOC(=O)C1=C(C)NC2=C(C(=O)CCC2)[C@H]1c1ccccc1N1CCC(C(=O)OCC)CC1.